The second-order valence-electron chi connectivity index (χ2n) is 11.3. The number of anilines is 3. The molecule has 218 valence electrons. The van der Waals surface area contributed by atoms with Crippen LogP contribution in [0.4, 0.5) is 17.1 Å². The lowest BCUT2D eigenvalue weighted by molar-refractivity contribution is -0.117. The van der Waals surface area contributed by atoms with Crippen LogP contribution in [0.15, 0.2) is 42.2 Å². The van der Waals surface area contributed by atoms with Crippen LogP contribution >= 0.6 is 11.9 Å². The van der Waals surface area contributed by atoms with Crippen molar-refractivity contribution < 1.29 is 14.3 Å². The molecule has 2 aromatic rings. The minimum Gasteiger partial charge on any atom is -0.492 e. The summed E-state index contributed by atoms with van der Waals surface area (Å²) in [6.45, 7) is 8.82. The summed E-state index contributed by atoms with van der Waals surface area (Å²) in [6.07, 6.45) is 9.24. The molecule has 2 aromatic carbocycles. The molecule has 2 amide bonds. The quantitative estimate of drug-likeness (QED) is 0.111. The van der Waals surface area contributed by atoms with Crippen LogP contribution < -0.4 is 36.7 Å². The molecular weight excluding hydrogens is 524 g/mol. The van der Waals surface area contributed by atoms with Crippen LogP contribution in [0.1, 0.15) is 74.4 Å². The molecule has 0 saturated heterocycles. The fraction of sp³-hybridized carbons (Fsp3) is 0.467. The standard InChI is InChI=1S/C30H44N6O3S/c1-19-12-13-21(14-26(19)36(32)18-23(31)29(38)33-17-20-10-8-7-9-11-20)28(37)34-24-15-22(30(2,3)4)16-25(35-40-6)27(24)39-5/h12-16,18,20,35H,7-11,17,31-32H2,1-6H3,(H,33,38)(H,34,37)/b23-18-. The van der Waals surface area contributed by atoms with E-state index in [0.29, 0.717) is 35.2 Å². The fourth-order valence-corrected chi connectivity index (χ4v) is 5.16. The largest absolute Gasteiger partial charge is 0.492 e. The highest BCUT2D eigenvalue weighted by molar-refractivity contribution is 7.99. The van der Waals surface area contributed by atoms with Crippen LogP contribution in [0.2, 0.25) is 0 Å². The van der Waals surface area contributed by atoms with Crippen LogP contribution in [0.5, 0.6) is 5.75 Å². The summed E-state index contributed by atoms with van der Waals surface area (Å²) in [5, 5.41) is 7.21. The maximum Gasteiger partial charge on any atom is 0.268 e. The number of nitrogens with one attached hydrogen (secondary N) is 3. The average Bonchev–Trinajstić information content (AvgIpc) is 2.91. The van der Waals surface area contributed by atoms with Crippen LogP contribution in [-0.2, 0) is 10.2 Å². The molecule has 1 fully saturated rings. The Hall–Kier alpha value is -3.37. The van der Waals surface area contributed by atoms with Crippen LogP contribution in [0.25, 0.3) is 0 Å². The lowest BCUT2D eigenvalue weighted by atomic mass is 9.86. The van der Waals surface area contributed by atoms with Crippen molar-refractivity contribution in [1.29, 1.82) is 0 Å². The van der Waals surface area contributed by atoms with Crippen molar-refractivity contribution in [2.75, 3.05) is 35.0 Å². The van der Waals surface area contributed by atoms with Gasteiger partial charge in [0.25, 0.3) is 11.8 Å². The Morgan fingerprint density at radius 1 is 1.12 bits per heavy atom. The minimum absolute atomic E-state index is 0.00474. The van der Waals surface area contributed by atoms with Crippen molar-refractivity contribution >= 4 is 40.8 Å². The Kier molecular flexibility index (Phi) is 10.8. The van der Waals surface area contributed by atoms with Crippen molar-refractivity contribution in [2.24, 2.45) is 17.5 Å². The lowest BCUT2D eigenvalue weighted by Gasteiger charge is -2.24. The van der Waals surface area contributed by atoms with Crippen molar-refractivity contribution in [1.82, 2.24) is 5.32 Å². The number of carbonyl (C=O) groups is 2. The highest BCUT2D eigenvalue weighted by atomic mass is 32.2. The number of aryl methyl sites for hydroxylation is 1. The number of hydrogen-bond donors (Lipinski definition) is 5. The summed E-state index contributed by atoms with van der Waals surface area (Å²) >= 11 is 1.44. The molecule has 3 rings (SSSR count). The van der Waals surface area contributed by atoms with Gasteiger partial charge >= 0.3 is 0 Å². The zero-order chi connectivity index (χ0) is 29.4. The van der Waals surface area contributed by atoms with Gasteiger partial charge in [-0.05, 0) is 66.5 Å². The van der Waals surface area contributed by atoms with Crippen molar-refractivity contribution in [3.05, 3.63) is 58.9 Å². The summed E-state index contributed by atoms with van der Waals surface area (Å²) in [7, 11) is 1.57. The third-order valence-corrected chi connectivity index (χ3v) is 7.61. The van der Waals surface area contributed by atoms with Gasteiger partial charge in [0.2, 0.25) is 0 Å². The van der Waals surface area contributed by atoms with E-state index in [4.69, 9.17) is 16.3 Å². The molecule has 1 saturated carbocycles. The number of methoxy groups -OCH3 is 1. The lowest BCUT2D eigenvalue weighted by Crippen LogP contribution is -2.36. The van der Waals surface area contributed by atoms with Crippen LogP contribution in [-0.4, -0.2) is 31.7 Å². The van der Waals surface area contributed by atoms with E-state index in [1.54, 1.807) is 25.3 Å². The highest BCUT2D eigenvalue weighted by Crippen LogP contribution is 2.39. The smallest absolute Gasteiger partial charge is 0.268 e. The summed E-state index contributed by atoms with van der Waals surface area (Å²) in [4.78, 5) is 26.0. The summed E-state index contributed by atoms with van der Waals surface area (Å²) < 4.78 is 8.91. The molecule has 10 heteroatoms. The first-order valence-corrected chi connectivity index (χ1v) is 14.9. The zero-order valence-corrected chi connectivity index (χ0v) is 25.3. The second-order valence-corrected chi connectivity index (χ2v) is 11.9. The number of nitrogens with zero attached hydrogens (tertiary/aromatic N) is 1. The Morgan fingerprint density at radius 3 is 2.42 bits per heavy atom. The van der Waals surface area contributed by atoms with E-state index in [2.05, 4.69) is 36.1 Å². The number of benzene rings is 2. The predicted octanol–water partition coefficient (Wildman–Crippen LogP) is 5.42. The molecule has 0 bridgehead atoms. The summed E-state index contributed by atoms with van der Waals surface area (Å²) in [5.41, 5.74) is 10.1. The van der Waals surface area contributed by atoms with Gasteiger partial charge in [0, 0.05) is 24.6 Å². The first-order chi connectivity index (χ1) is 18.9. The molecule has 40 heavy (non-hydrogen) atoms. The summed E-state index contributed by atoms with van der Waals surface area (Å²) in [6, 6.07) is 9.18. The van der Waals surface area contributed by atoms with Crippen molar-refractivity contribution in [3.8, 4) is 5.75 Å². The van der Waals surface area contributed by atoms with Crippen molar-refractivity contribution in [3.63, 3.8) is 0 Å². The van der Waals surface area contributed by atoms with Gasteiger partial charge in [0.05, 0.1) is 24.2 Å². The number of rotatable bonds is 10. The topological polar surface area (TPSA) is 135 Å². The highest BCUT2D eigenvalue weighted by Gasteiger charge is 2.22. The number of amides is 2. The molecule has 0 spiro atoms. The maximum absolute atomic E-state index is 13.4. The van der Waals surface area contributed by atoms with Gasteiger partial charge in [-0.2, -0.15) is 0 Å². The zero-order valence-electron chi connectivity index (χ0n) is 24.5. The van der Waals surface area contributed by atoms with Crippen LogP contribution in [0, 0.1) is 12.8 Å². The Bertz CT molecular complexity index is 1230. The van der Waals surface area contributed by atoms with Gasteiger partial charge < -0.3 is 25.8 Å². The number of hydrazine groups is 1. The molecule has 0 aromatic heterocycles. The third-order valence-electron chi connectivity index (χ3n) is 7.19. The molecule has 0 unspecified atom stereocenters. The van der Waals surface area contributed by atoms with E-state index >= 15 is 0 Å². The predicted molar refractivity (Wildman–Crippen MR) is 166 cm³/mol. The molecule has 1 aliphatic carbocycles. The van der Waals surface area contributed by atoms with Gasteiger partial charge in [-0.3, -0.25) is 14.6 Å². The van der Waals surface area contributed by atoms with Crippen molar-refractivity contribution in [2.45, 2.75) is 65.2 Å². The Morgan fingerprint density at radius 2 is 1.80 bits per heavy atom. The number of nitrogens with two attached hydrogens (primary N) is 2. The van der Waals surface area contributed by atoms with E-state index in [1.807, 2.05) is 25.3 Å². The Balaban J connectivity index is 1.80. The molecular formula is C30H44N6O3S. The first kappa shape index (κ1) is 31.2. The number of carbonyl (C=O) groups excluding carboxylic acids is 2. The van der Waals surface area contributed by atoms with Gasteiger partial charge in [0.15, 0.2) is 5.75 Å². The normalized spacial score (nSPS) is 14.4. The Labute approximate surface area is 242 Å². The van der Waals surface area contributed by atoms with E-state index in [9.17, 15) is 9.59 Å². The first-order valence-electron chi connectivity index (χ1n) is 13.7. The fourth-order valence-electron chi connectivity index (χ4n) is 4.79. The van der Waals surface area contributed by atoms with Gasteiger partial charge in [0.1, 0.15) is 5.70 Å². The monoisotopic (exact) mass is 568 g/mol. The van der Waals surface area contributed by atoms with E-state index in [1.165, 1.54) is 42.4 Å². The van der Waals surface area contributed by atoms with Gasteiger partial charge in [-0.15, -0.1) is 0 Å². The SMILES string of the molecule is COc1c(NSC)cc(C(C)(C)C)cc1NC(=O)c1ccc(C)c(N(N)/C=C(\N)C(=O)NCC2CCCCC2)c1. The number of hydrogen-bond acceptors (Lipinski definition) is 8. The van der Waals surface area contributed by atoms with Gasteiger partial charge in [-0.25, -0.2) is 5.84 Å². The molecule has 9 nitrogen and oxygen atoms in total. The van der Waals surface area contributed by atoms with E-state index in [0.717, 1.165) is 29.7 Å². The molecule has 7 N–H and O–H groups in total. The van der Waals surface area contributed by atoms with Crippen LogP contribution in [0.3, 0.4) is 0 Å². The molecule has 0 aliphatic heterocycles. The molecule has 1 aliphatic rings. The second kappa shape index (κ2) is 13.8. The summed E-state index contributed by atoms with van der Waals surface area (Å²) in [5.74, 6) is 6.65. The van der Waals surface area contributed by atoms with Gasteiger partial charge in [-0.1, -0.05) is 58.0 Å². The molecule has 0 radical (unpaired) electrons. The average molecular weight is 569 g/mol. The maximum atomic E-state index is 13.4. The number of ether oxygens (including phenoxy) is 1. The third kappa shape index (κ3) is 8.08. The minimum atomic E-state index is -0.354. The van der Waals surface area contributed by atoms with E-state index in [-0.39, 0.29) is 22.9 Å². The van der Waals surface area contributed by atoms with E-state index < -0.39 is 0 Å². The molecule has 0 heterocycles. The molecule has 0 atom stereocenters.